The van der Waals surface area contributed by atoms with Crippen molar-refractivity contribution in [2.24, 2.45) is 0 Å². The Morgan fingerprint density at radius 3 is 2.91 bits per heavy atom. The van der Waals surface area contributed by atoms with Crippen molar-refractivity contribution in [2.45, 2.75) is 58.6 Å². The van der Waals surface area contributed by atoms with Crippen LogP contribution < -0.4 is 5.32 Å². The summed E-state index contributed by atoms with van der Waals surface area (Å²) in [6, 6.07) is 5.07. The molecule has 3 aromatic rings. The highest BCUT2D eigenvalue weighted by molar-refractivity contribution is 5.96. The minimum Gasteiger partial charge on any atom is -0.444 e. The molecule has 1 atom stereocenters. The summed E-state index contributed by atoms with van der Waals surface area (Å²) in [6.45, 7) is 8.73. The number of nitrogens with one attached hydrogen (secondary N) is 2. The molecule has 1 fully saturated rings. The number of nitriles is 1. The number of hydrogen-bond acceptors (Lipinski definition) is 6. The minimum absolute atomic E-state index is 0.00602. The molecule has 34 heavy (non-hydrogen) atoms. The molecule has 4 rings (SSSR count). The molecular weight excluding hydrogens is 435 g/mol. The quantitative estimate of drug-likeness (QED) is 0.562. The van der Waals surface area contributed by atoms with Crippen LogP contribution in [0.4, 0.5) is 15.1 Å². The fourth-order valence-electron chi connectivity index (χ4n) is 4.18. The molecular formula is C25H29FN6O2. The van der Waals surface area contributed by atoms with Crippen molar-refractivity contribution >= 4 is 22.9 Å². The molecule has 1 aliphatic heterocycles. The van der Waals surface area contributed by atoms with Gasteiger partial charge in [-0.15, -0.1) is 0 Å². The number of aromatic amines is 1. The van der Waals surface area contributed by atoms with Gasteiger partial charge in [0.05, 0.1) is 16.8 Å². The number of fused-ring (bicyclic) bond motifs is 1. The zero-order valence-corrected chi connectivity index (χ0v) is 19.9. The Labute approximate surface area is 198 Å². The Bertz CT molecular complexity index is 1260. The number of H-pyrrole nitrogens is 1. The molecule has 1 saturated heterocycles. The van der Waals surface area contributed by atoms with Gasteiger partial charge in [-0.25, -0.2) is 19.2 Å². The number of carbonyl (C=O) groups is 1. The van der Waals surface area contributed by atoms with Gasteiger partial charge in [-0.2, -0.15) is 5.26 Å². The molecule has 8 nitrogen and oxygen atoms in total. The molecule has 1 unspecified atom stereocenters. The summed E-state index contributed by atoms with van der Waals surface area (Å²) in [7, 11) is 0. The Morgan fingerprint density at radius 2 is 2.21 bits per heavy atom. The Balaban J connectivity index is 1.59. The van der Waals surface area contributed by atoms with Gasteiger partial charge in [0.25, 0.3) is 0 Å². The van der Waals surface area contributed by atoms with Crippen LogP contribution in [0.1, 0.15) is 51.7 Å². The number of ether oxygens (including phenoxy) is 1. The lowest BCUT2D eigenvalue weighted by molar-refractivity contribution is 0.0206. The molecule has 178 valence electrons. The Kier molecular flexibility index (Phi) is 6.42. The average Bonchev–Trinajstić information content (AvgIpc) is 3.23. The third-order valence-corrected chi connectivity index (χ3v) is 5.82. The third kappa shape index (κ3) is 4.81. The minimum atomic E-state index is -0.568. The van der Waals surface area contributed by atoms with Crippen LogP contribution in [-0.4, -0.2) is 50.7 Å². The third-order valence-electron chi connectivity index (χ3n) is 5.82. The van der Waals surface area contributed by atoms with Crippen LogP contribution >= 0.6 is 0 Å². The number of hydrogen-bond donors (Lipinski definition) is 2. The highest BCUT2D eigenvalue weighted by Gasteiger charge is 2.28. The molecule has 2 aromatic heterocycles. The topological polar surface area (TPSA) is 107 Å². The highest BCUT2D eigenvalue weighted by Crippen LogP contribution is 2.32. The molecule has 1 aliphatic rings. The first-order valence-corrected chi connectivity index (χ1v) is 11.5. The van der Waals surface area contributed by atoms with Gasteiger partial charge in [0.1, 0.15) is 11.7 Å². The Hall–Kier alpha value is -3.67. The maximum atomic E-state index is 14.6. The van der Waals surface area contributed by atoms with Gasteiger partial charge in [-0.05, 0) is 51.7 Å². The van der Waals surface area contributed by atoms with Crippen LogP contribution in [-0.2, 0) is 11.2 Å². The molecule has 0 aliphatic carbocycles. The maximum Gasteiger partial charge on any atom is 0.410 e. The molecule has 9 heteroatoms. The van der Waals surface area contributed by atoms with Crippen LogP contribution in [0.2, 0.25) is 0 Å². The van der Waals surface area contributed by atoms with Gasteiger partial charge >= 0.3 is 6.09 Å². The molecule has 0 spiro atoms. The second kappa shape index (κ2) is 9.29. The summed E-state index contributed by atoms with van der Waals surface area (Å²) in [5.41, 5.74) is 2.11. The summed E-state index contributed by atoms with van der Waals surface area (Å²) in [5, 5.41) is 13.1. The summed E-state index contributed by atoms with van der Waals surface area (Å²) in [4.78, 5) is 26.4. The molecule has 0 saturated carbocycles. The van der Waals surface area contributed by atoms with Crippen LogP contribution in [0.25, 0.3) is 22.2 Å². The summed E-state index contributed by atoms with van der Waals surface area (Å²) >= 11 is 0. The number of aryl methyl sites for hydroxylation is 1. The van der Waals surface area contributed by atoms with E-state index in [9.17, 15) is 9.18 Å². The number of anilines is 1. The highest BCUT2D eigenvalue weighted by atomic mass is 19.1. The monoisotopic (exact) mass is 464 g/mol. The van der Waals surface area contributed by atoms with Crippen molar-refractivity contribution in [3.8, 4) is 17.3 Å². The first kappa shape index (κ1) is 23.5. The number of likely N-dealkylation sites (tertiary alicyclic amines) is 1. The lowest BCUT2D eigenvalue weighted by atomic mass is 10.0. The van der Waals surface area contributed by atoms with E-state index in [1.165, 1.54) is 6.07 Å². The predicted octanol–water partition coefficient (Wildman–Crippen LogP) is 5.01. The zero-order valence-electron chi connectivity index (χ0n) is 19.9. The smallest absolute Gasteiger partial charge is 0.410 e. The number of nitrogens with zero attached hydrogens (tertiary/aromatic N) is 4. The van der Waals surface area contributed by atoms with Crippen LogP contribution in [0.15, 0.2) is 24.5 Å². The van der Waals surface area contributed by atoms with Gasteiger partial charge in [0.15, 0.2) is 5.82 Å². The molecule has 3 heterocycles. The van der Waals surface area contributed by atoms with Gasteiger partial charge < -0.3 is 19.9 Å². The van der Waals surface area contributed by atoms with Crippen molar-refractivity contribution in [2.75, 3.05) is 18.4 Å². The molecule has 0 radical (unpaired) electrons. The van der Waals surface area contributed by atoms with E-state index in [1.807, 2.05) is 33.8 Å². The number of benzene rings is 1. The van der Waals surface area contributed by atoms with Gasteiger partial charge in [-0.3, -0.25) is 0 Å². The normalized spacial score (nSPS) is 16.4. The van der Waals surface area contributed by atoms with Crippen molar-refractivity contribution in [3.05, 3.63) is 41.5 Å². The molecule has 1 amide bonds. The largest absolute Gasteiger partial charge is 0.444 e. The lowest BCUT2D eigenvalue weighted by Gasteiger charge is -2.34. The van der Waals surface area contributed by atoms with Crippen molar-refractivity contribution in [1.29, 1.82) is 5.26 Å². The second-order valence-corrected chi connectivity index (χ2v) is 9.49. The lowest BCUT2D eigenvalue weighted by Crippen LogP contribution is -2.47. The zero-order chi connectivity index (χ0) is 24.5. The number of halogens is 1. The predicted molar refractivity (Wildman–Crippen MR) is 128 cm³/mol. The van der Waals surface area contributed by atoms with E-state index in [-0.39, 0.29) is 23.2 Å². The van der Waals surface area contributed by atoms with Crippen LogP contribution in [0, 0.1) is 17.1 Å². The van der Waals surface area contributed by atoms with E-state index in [2.05, 4.69) is 15.3 Å². The second-order valence-electron chi connectivity index (χ2n) is 9.49. The SMILES string of the molecule is CCc1cnc(NC2CCCN(C(=O)OC(C)(C)C)C2)nc1-c1c[nH]c2c(F)c(C#N)ccc12. The molecule has 2 N–H and O–H groups in total. The fourth-order valence-corrected chi connectivity index (χ4v) is 4.18. The fraction of sp³-hybridized carbons (Fsp3) is 0.440. The van der Waals surface area contributed by atoms with Gasteiger partial charge in [-0.1, -0.05) is 13.0 Å². The summed E-state index contributed by atoms with van der Waals surface area (Å²) in [5.74, 6) is -0.118. The van der Waals surface area contributed by atoms with Gasteiger partial charge in [0, 0.05) is 42.5 Å². The van der Waals surface area contributed by atoms with Gasteiger partial charge in [0.2, 0.25) is 5.95 Å². The number of amides is 1. The first-order valence-electron chi connectivity index (χ1n) is 11.5. The maximum absolute atomic E-state index is 14.6. The summed E-state index contributed by atoms with van der Waals surface area (Å²) in [6.07, 6.45) is 5.60. The number of aromatic nitrogens is 3. The van der Waals surface area contributed by atoms with E-state index < -0.39 is 11.4 Å². The van der Waals surface area contributed by atoms with E-state index in [0.717, 1.165) is 24.0 Å². The van der Waals surface area contributed by atoms with Crippen molar-refractivity contribution in [3.63, 3.8) is 0 Å². The van der Waals surface area contributed by atoms with Crippen molar-refractivity contribution < 1.29 is 13.9 Å². The van der Waals surface area contributed by atoms with Crippen LogP contribution in [0.3, 0.4) is 0 Å². The van der Waals surface area contributed by atoms with Crippen LogP contribution in [0.5, 0.6) is 0 Å². The van der Waals surface area contributed by atoms with E-state index in [1.54, 1.807) is 23.4 Å². The number of carbonyl (C=O) groups excluding carboxylic acids is 1. The molecule has 0 bridgehead atoms. The van der Waals surface area contributed by atoms with E-state index >= 15 is 0 Å². The Morgan fingerprint density at radius 1 is 1.41 bits per heavy atom. The first-order chi connectivity index (χ1) is 16.2. The number of rotatable bonds is 4. The van der Waals surface area contributed by atoms with Crippen molar-refractivity contribution in [1.82, 2.24) is 19.9 Å². The van der Waals surface area contributed by atoms with E-state index in [0.29, 0.717) is 36.5 Å². The number of piperidine rings is 1. The molecule has 1 aromatic carbocycles. The summed E-state index contributed by atoms with van der Waals surface area (Å²) < 4.78 is 20.1. The average molecular weight is 465 g/mol. The standard InChI is InChI=1S/C25H29FN6O2/c1-5-15-12-29-23(30-17-7-6-10-32(14-17)24(33)34-25(2,3)4)31-21(15)19-13-28-22-18(19)9-8-16(11-27)20(22)26/h8-9,12-13,17,28H,5-7,10,14H2,1-4H3,(H,29,30,31). The van der Waals surface area contributed by atoms with E-state index in [4.69, 9.17) is 15.0 Å².